The molecule has 0 aliphatic carbocycles. The van der Waals surface area contributed by atoms with Crippen LogP contribution in [0, 0.1) is 0 Å². The first kappa shape index (κ1) is 10.0. The number of pyridine rings is 1. The Morgan fingerprint density at radius 3 is 2.46 bits per heavy atom. The monoisotopic (exact) mass is 179 g/mol. The molecular weight excluding hydrogens is 162 g/mol. The fraction of sp³-hybridized carbons (Fsp3) is 0.545. The number of hydrogen-bond donors (Lipinski definition) is 1. The first-order valence-electron chi connectivity index (χ1n) is 4.67. The number of nitrogens with one attached hydrogen (secondary N) is 1. The van der Waals surface area contributed by atoms with Crippen LogP contribution in [0.2, 0.25) is 0 Å². The zero-order valence-electron chi connectivity index (χ0n) is 8.77. The molecule has 0 spiro atoms. The Hall–Kier alpha value is -1.05. The van der Waals surface area contributed by atoms with Gasteiger partial charge in [0.1, 0.15) is 0 Å². The lowest BCUT2D eigenvalue weighted by atomic mass is 9.84. The van der Waals surface area contributed by atoms with Gasteiger partial charge in [0.25, 0.3) is 0 Å². The number of H-pyrrole nitrogens is 1. The third-order valence-electron chi connectivity index (χ3n) is 2.20. The second kappa shape index (κ2) is 3.36. The molecular formula is C11H17NO. The van der Waals surface area contributed by atoms with Crippen molar-refractivity contribution in [3.63, 3.8) is 0 Å². The maximum atomic E-state index is 11.1. The van der Waals surface area contributed by atoms with Crippen LogP contribution in [0.4, 0.5) is 0 Å². The molecule has 0 unspecified atom stereocenters. The number of aromatic amines is 1. The van der Waals surface area contributed by atoms with E-state index in [-0.39, 0.29) is 11.0 Å². The van der Waals surface area contributed by atoms with Gasteiger partial charge in [-0.3, -0.25) is 4.79 Å². The molecule has 2 nitrogen and oxygen atoms in total. The second-order valence-electron chi connectivity index (χ2n) is 4.34. The largest absolute Gasteiger partial charge is 0.329 e. The summed E-state index contributed by atoms with van der Waals surface area (Å²) in [4.78, 5) is 13.9. The molecule has 1 heterocycles. The standard InChI is InChI=1S/C11H17NO/c1-5-8-7-12-10(13)6-9(8)11(2,3)4/h6-7H,5H2,1-4H3,(H,12,13). The minimum absolute atomic E-state index is 0.0119. The molecule has 0 fully saturated rings. The molecule has 0 radical (unpaired) electrons. The van der Waals surface area contributed by atoms with Crippen molar-refractivity contribution in [3.8, 4) is 0 Å². The average molecular weight is 179 g/mol. The van der Waals surface area contributed by atoms with Gasteiger partial charge in [0.2, 0.25) is 5.56 Å². The highest BCUT2D eigenvalue weighted by Gasteiger charge is 2.17. The number of aromatic nitrogens is 1. The van der Waals surface area contributed by atoms with Gasteiger partial charge in [0.05, 0.1) is 0 Å². The van der Waals surface area contributed by atoms with Gasteiger partial charge in [-0.1, -0.05) is 27.7 Å². The summed E-state index contributed by atoms with van der Waals surface area (Å²) in [6.07, 6.45) is 2.78. The van der Waals surface area contributed by atoms with Crippen LogP contribution in [0.5, 0.6) is 0 Å². The number of rotatable bonds is 1. The normalized spacial score (nSPS) is 11.7. The highest BCUT2D eigenvalue weighted by Crippen LogP contribution is 2.24. The third kappa shape index (κ3) is 2.20. The highest BCUT2D eigenvalue weighted by atomic mass is 16.1. The van der Waals surface area contributed by atoms with Crippen LogP contribution in [0.1, 0.15) is 38.8 Å². The van der Waals surface area contributed by atoms with Crippen LogP contribution in [-0.2, 0) is 11.8 Å². The Labute approximate surface area is 79.0 Å². The Balaban J connectivity index is 3.32. The smallest absolute Gasteiger partial charge is 0.248 e. The summed E-state index contributed by atoms with van der Waals surface area (Å²) >= 11 is 0. The van der Waals surface area contributed by atoms with Crippen LogP contribution >= 0.6 is 0 Å². The molecule has 0 atom stereocenters. The van der Waals surface area contributed by atoms with Crippen molar-refractivity contribution in [2.24, 2.45) is 0 Å². The Morgan fingerprint density at radius 1 is 1.38 bits per heavy atom. The number of aryl methyl sites for hydroxylation is 1. The SMILES string of the molecule is CCc1c[nH]c(=O)cc1C(C)(C)C. The zero-order valence-corrected chi connectivity index (χ0v) is 8.77. The molecule has 1 aromatic heterocycles. The van der Waals surface area contributed by atoms with Gasteiger partial charge in [-0.05, 0) is 23.0 Å². The lowest BCUT2D eigenvalue weighted by molar-refractivity contribution is 0.581. The van der Waals surface area contributed by atoms with E-state index in [2.05, 4.69) is 32.7 Å². The molecule has 0 saturated carbocycles. The van der Waals surface area contributed by atoms with E-state index in [1.165, 1.54) is 5.56 Å². The molecule has 0 saturated heterocycles. The molecule has 1 rings (SSSR count). The minimum Gasteiger partial charge on any atom is -0.329 e. The second-order valence-corrected chi connectivity index (χ2v) is 4.34. The third-order valence-corrected chi connectivity index (χ3v) is 2.20. The van der Waals surface area contributed by atoms with Gasteiger partial charge in [-0.15, -0.1) is 0 Å². The van der Waals surface area contributed by atoms with E-state index in [0.717, 1.165) is 12.0 Å². The molecule has 0 bridgehead atoms. The number of hydrogen-bond acceptors (Lipinski definition) is 1. The van der Waals surface area contributed by atoms with E-state index in [0.29, 0.717) is 0 Å². The van der Waals surface area contributed by atoms with Crippen molar-refractivity contribution in [2.75, 3.05) is 0 Å². The molecule has 0 amide bonds. The maximum Gasteiger partial charge on any atom is 0.248 e. The van der Waals surface area contributed by atoms with Crippen molar-refractivity contribution in [1.29, 1.82) is 0 Å². The highest BCUT2D eigenvalue weighted by molar-refractivity contribution is 5.29. The summed E-state index contributed by atoms with van der Waals surface area (Å²) in [5, 5.41) is 0. The lowest BCUT2D eigenvalue weighted by Gasteiger charge is -2.21. The fourth-order valence-corrected chi connectivity index (χ4v) is 1.49. The predicted octanol–water partition coefficient (Wildman–Crippen LogP) is 2.23. The Bertz CT molecular complexity index is 344. The molecule has 1 aromatic rings. The summed E-state index contributed by atoms with van der Waals surface area (Å²) in [5.74, 6) is 0. The summed E-state index contributed by atoms with van der Waals surface area (Å²) in [7, 11) is 0. The van der Waals surface area contributed by atoms with Gasteiger partial charge in [0.15, 0.2) is 0 Å². The molecule has 13 heavy (non-hydrogen) atoms. The molecule has 72 valence electrons. The van der Waals surface area contributed by atoms with Crippen molar-refractivity contribution >= 4 is 0 Å². The van der Waals surface area contributed by atoms with E-state index in [1.54, 1.807) is 6.07 Å². The van der Waals surface area contributed by atoms with Crippen molar-refractivity contribution in [2.45, 2.75) is 39.5 Å². The quantitative estimate of drug-likeness (QED) is 0.704. The average Bonchev–Trinajstić information content (AvgIpc) is 2.03. The van der Waals surface area contributed by atoms with Crippen molar-refractivity contribution in [1.82, 2.24) is 4.98 Å². The van der Waals surface area contributed by atoms with Crippen molar-refractivity contribution < 1.29 is 0 Å². The summed E-state index contributed by atoms with van der Waals surface area (Å²) in [5.41, 5.74) is 2.42. The van der Waals surface area contributed by atoms with Crippen LogP contribution < -0.4 is 5.56 Å². The summed E-state index contributed by atoms with van der Waals surface area (Å²) < 4.78 is 0. The van der Waals surface area contributed by atoms with Gasteiger partial charge >= 0.3 is 0 Å². The summed E-state index contributed by atoms with van der Waals surface area (Å²) in [6, 6.07) is 1.71. The van der Waals surface area contributed by atoms with E-state index < -0.39 is 0 Å². The minimum atomic E-state index is -0.0119. The van der Waals surface area contributed by atoms with Crippen LogP contribution in [0.25, 0.3) is 0 Å². The van der Waals surface area contributed by atoms with Crippen molar-refractivity contribution in [3.05, 3.63) is 33.7 Å². The Kier molecular flexibility index (Phi) is 2.60. The lowest BCUT2D eigenvalue weighted by Crippen LogP contribution is -2.18. The fourth-order valence-electron chi connectivity index (χ4n) is 1.49. The van der Waals surface area contributed by atoms with Gasteiger partial charge < -0.3 is 4.98 Å². The van der Waals surface area contributed by atoms with E-state index in [9.17, 15) is 4.79 Å². The van der Waals surface area contributed by atoms with Gasteiger partial charge in [-0.2, -0.15) is 0 Å². The molecule has 0 aromatic carbocycles. The van der Waals surface area contributed by atoms with E-state index >= 15 is 0 Å². The predicted molar refractivity (Wildman–Crippen MR) is 55.1 cm³/mol. The van der Waals surface area contributed by atoms with Gasteiger partial charge in [0, 0.05) is 12.3 Å². The van der Waals surface area contributed by atoms with E-state index in [4.69, 9.17) is 0 Å². The topological polar surface area (TPSA) is 32.9 Å². The van der Waals surface area contributed by atoms with Gasteiger partial charge in [-0.25, -0.2) is 0 Å². The first-order chi connectivity index (χ1) is 5.95. The van der Waals surface area contributed by atoms with Crippen LogP contribution in [0.15, 0.2) is 17.1 Å². The molecule has 0 aliphatic rings. The van der Waals surface area contributed by atoms with Crippen LogP contribution in [-0.4, -0.2) is 4.98 Å². The van der Waals surface area contributed by atoms with Crippen LogP contribution in [0.3, 0.4) is 0 Å². The molecule has 0 aliphatic heterocycles. The summed E-state index contributed by atoms with van der Waals surface area (Å²) in [6.45, 7) is 8.48. The van der Waals surface area contributed by atoms with E-state index in [1.807, 2.05) is 6.20 Å². The molecule has 1 N–H and O–H groups in total. The molecule has 2 heteroatoms. The zero-order chi connectivity index (χ0) is 10.1. The first-order valence-corrected chi connectivity index (χ1v) is 4.67. The Morgan fingerprint density at radius 2 is 2.00 bits per heavy atom. The maximum absolute atomic E-state index is 11.1.